The zero-order chi connectivity index (χ0) is 14.5. The van der Waals surface area contributed by atoms with Gasteiger partial charge in [0.25, 0.3) is 0 Å². The Balaban J connectivity index is 1.66. The molecule has 5 heteroatoms. The molecule has 0 amide bonds. The van der Waals surface area contributed by atoms with Crippen LogP contribution in [0.4, 0.5) is 5.82 Å². The molecule has 3 rings (SSSR count). The number of anilines is 1. The molecule has 21 heavy (non-hydrogen) atoms. The van der Waals surface area contributed by atoms with Crippen LogP contribution in [-0.2, 0) is 4.74 Å². The van der Waals surface area contributed by atoms with E-state index in [1.807, 2.05) is 18.2 Å². The molecule has 2 N–H and O–H groups in total. The Hall–Kier alpha value is -1.72. The minimum absolute atomic E-state index is 0.362. The van der Waals surface area contributed by atoms with Crippen LogP contribution in [0, 0.1) is 0 Å². The SMILES string of the molecule is NCCCOC1CCN(c2ncnc3ccccc23)CC1. The fraction of sp³-hybridized carbons (Fsp3) is 0.500. The molecule has 0 aliphatic carbocycles. The van der Waals surface area contributed by atoms with Gasteiger partial charge in [-0.15, -0.1) is 0 Å². The minimum atomic E-state index is 0.362. The minimum Gasteiger partial charge on any atom is -0.378 e. The van der Waals surface area contributed by atoms with E-state index in [4.69, 9.17) is 10.5 Å². The smallest absolute Gasteiger partial charge is 0.139 e. The fourth-order valence-corrected chi connectivity index (χ4v) is 2.81. The Morgan fingerprint density at radius 1 is 1.19 bits per heavy atom. The number of piperidine rings is 1. The summed E-state index contributed by atoms with van der Waals surface area (Å²) < 4.78 is 5.86. The summed E-state index contributed by atoms with van der Waals surface area (Å²) in [7, 11) is 0. The van der Waals surface area contributed by atoms with Gasteiger partial charge in [0.05, 0.1) is 11.6 Å². The van der Waals surface area contributed by atoms with E-state index in [0.717, 1.165) is 55.7 Å². The lowest BCUT2D eigenvalue weighted by Crippen LogP contribution is -2.37. The van der Waals surface area contributed by atoms with Gasteiger partial charge in [0.15, 0.2) is 0 Å². The van der Waals surface area contributed by atoms with Crippen molar-refractivity contribution in [3.8, 4) is 0 Å². The van der Waals surface area contributed by atoms with E-state index in [1.54, 1.807) is 6.33 Å². The third-order valence-corrected chi connectivity index (χ3v) is 3.97. The van der Waals surface area contributed by atoms with Crippen LogP contribution < -0.4 is 10.6 Å². The number of hydrogen-bond donors (Lipinski definition) is 1. The van der Waals surface area contributed by atoms with E-state index in [-0.39, 0.29) is 0 Å². The lowest BCUT2D eigenvalue weighted by molar-refractivity contribution is 0.0366. The molecule has 112 valence electrons. The number of para-hydroxylation sites is 1. The second kappa shape index (κ2) is 6.83. The number of nitrogens with two attached hydrogens (primary N) is 1. The molecule has 5 nitrogen and oxygen atoms in total. The lowest BCUT2D eigenvalue weighted by atomic mass is 10.1. The topological polar surface area (TPSA) is 64.3 Å². The van der Waals surface area contributed by atoms with Crippen molar-refractivity contribution in [3.05, 3.63) is 30.6 Å². The van der Waals surface area contributed by atoms with Gasteiger partial charge in [-0.3, -0.25) is 0 Å². The van der Waals surface area contributed by atoms with Crippen LogP contribution in [0.1, 0.15) is 19.3 Å². The molecule has 1 fully saturated rings. The van der Waals surface area contributed by atoms with Crippen LogP contribution in [0.5, 0.6) is 0 Å². The molecule has 1 aromatic carbocycles. The zero-order valence-corrected chi connectivity index (χ0v) is 12.2. The number of rotatable bonds is 5. The summed E-state index contributed by atoms with van der Waals surface area (Å²) in [5, 5.41) is 1.13. The second-order valence-electron chi connectivity index (χ2n) is 5.41. The maximum absolute atomic E-state index is 5.86. The van der Waals surface area contributed by atoms with Crippen molar-refractivity contribution in [2.75, 3.05) is 31.1 Å². The van der Waals surface area contributed by atoms with E-state index < -0.39 is 0 Å². The third-order valence-electron chi connectivity index (χ3n) is 3.97. The summed E-state index contributed by atoms with van der Waals surface area (Å²) in [6, 6.07) is 8.17. The average Bonchev–Trinajstić information content (AvgIpc) is 2.55. The molecule has 1 aromatic heterocycles. The van der Waals surface area contributed by atoms with Gasteiger partial charge in [-0.05, 0) is 37.9 Å². The highest BCUT2D eigenvalue weighted by atomic mass is 16.5. The van der Waals surface area contributed by atoms with Crippen LogP contribution >= 0.6 is 0 Å². The fourth-order valence-electron chi connectivity index (χ4n) is 2.81. The number of benzene rings is 1. The molecule has 0 bridgehead atoms. The van der Waals surface area contributed by atoms with E-state index >= 15 is 0 Å². The maximum atomic E-state index is 5.86. The van der Waals surface area contributed by atoms with Gasteiger partial charge < -0.3 is 15.4 Å². The Morgan fingerprint density at radius 3 is 2.81 bits per heavy atom. The first-order chi connectivity index (χ1) is 10.4. The number of hydrogen-bond acceptors (Lipinski definition) is 5. The molecule has 1 aliphatic rings. The highest BCUT2D eigenvalue weighted by Crippen LogP contribution is 2.26. The summed E-state index contributed by atoms with van der Waals surface area (Å²) in [6.07, 6.45) is 5.05. The molecule has 0 radical (unpaired) electrons. The van der Waals surface area contributed by atoms with Gasteiger partial charge in [-0.1, -0.05) is 12.1 Å². The van der Waals surface area contributed by atoms with Crippen molar-refractivity contribution >= 4 is 16.7 Å². The predicted octanol–water partition coefficient (Wildman–Crippen LogP) is 1.96. The summed E-state index contributed by atoms with van der Waals surface area (Å²) in [5.74, 6) is 1.04. The van der Waals surface area contributed by atoms with Crippen molar-refractivity contribution < 1.29 is 4.74 Å². The average molecular weight is 286 g/mol. The van der Waals surface area contributed by atoms with Crippen LogP contribution in [0.2, 0.25) is 0 Å². The van der Waals surface area contributed by atoms with E-state index in [9.17, 15) is 0 Å². The summed E-state index contributed by atoms with van der Waals surface area (Å²) in [5.41, 5.74) is 6.50. The molecule has 2 heterocycles. The van der Waals surface area contributed by atoms with E-state index in [1.165, 1.54) is 0 Å². The van der Waals surface area contributed by atoms with Crippen molar-refractivity contribution in [3.63, 3.8) is 0 Å². The normalized spacial score (nSPS) is 16.5. The van der Waals surface area contributed by atoms with E-state index in [0.29, 0.717) is 12.6 Å². The largest absolute Gasteiger partial charge is 0.378 e. The summed E-state index contributed by atoms with van der Waals surface area (Å²) in [4.78, 5) is 11.2. The van der Waals surface area contributed by atoms with Crippen LogP contribution in [-0.4, -0.2) is 42.3 Å². The van der Waals surface area contributed by atoms with Gasteiger partial charge in [-0.2, -0.15) is 0 Å². The molecular formula is C16H22N4O. The highest BCUT2D eigenvalue weighted by Gasteiger charge is 2.21. The number of aromatic nitrogens is 2. The Kier molecular flexibility index (Phi) is 4.62. The predicted molar refractivity (Wildman–Crippen MR) is 84.4 cm³/mol. The van der Waals surface area contributed by atoms with Crippen LogP contribution in [0.15, 0.2) is 30.6 Å². The Bertz CT molecular complexity index is 576. The first-order valence-corrected chi connectivity index (χ1v) is 7.65. The van der Waals surface area contributed by atoms with Gasteiger partial charge in [0.2, 0.25) is 0 Å². The Morgan fingerprint density at radius 2 is 2.00 bits per heavy atom. The summed E-state index contributed by atoms with van der Waals surface area (Å²) >= 11 is 0. The first kappa shape index (κ1) is 14.2. The third kappa shape index (κ3) is 3.31. The van der Waals surface area contributed by atoms with Crippen molar-refractivity contribution in [1.82, 2.24) is 9.97 Å². The van der Waals surface area contributed by atoms with Gasteiger partial charge >= 0.3 is 0 Å². The van der Waals surface area contributed by atoms with Gasteiger partial charge in [0.1, 0.15) is 12.1 Å². The lowest BCUT2D eigenvalue weighted by Gasteiger charge is -2.33. The molecule has 1 aliphatic heterocycles. The molecular weight excluding hydrogens is 264 g/mol. The van der Waals surface area contributed by atoms with Crippen molar-refractivity contribution in [1.29, 1.82) is 0 Å². The van der Waals surface area contributed by atoms with Crippen molar-refractivity contribution in [2.24, 2.45) is 5.73 Å². The molecule has 0 unspecified atom stereocenters. The second-order valence-corrected chi connectivity index (χ2v) is 5.41. The maximum Gasteiger partial charge on any atom is 0.139 e. The van der Waals surface area contributed by atoms with Gasteiger partial charge in [-0.25, -0.2) is 9.97 Å². The number of nitrogens with zero attached hydrogens (tertiary/aromatic N) is 3. The molecule has 0 saturated carbocycles. The quantitative estimate of drug-likeness (QED) is 0.851. The monoisotopic (exact) mass is 286 g/mol. The number of fused-ring (bicyclic) bond motifs is 1. The molecule has 1 saturated heterocycles. The summed E-state index contributed by atoms with van der Waals surface area (Å²) in [6.45, 7) is 3.44. The van der Waals surface area contributed by atoms with Crippen molar-refractivity contribution in [2.45, 2.75) is 25.4 Å². The van der Waals surface area contributed by atoms with Crippen LogP contribution in [0.25, 0.3) is 10.9 Å². The molecule has 0 spiro atoms. The first-order valence-electron chi connectivity index (χ1n) is 7.65. The molecule has 0 atom stereocenters. The Labute approximate surface area is 125 Å². The van der Waals surface area contributed by atoms with Gasteiger partial charge in [0, 0.05) is 25.1 Å². The molecule has 2 aromatic rings. The standard InChI is InChI=1S/C16H22N4O/c17-8-3-11-21-13-6-9-20(10-7-13)16-14-4-1-2-5-15(14)18-12-19-16/h1-2,4-5,12-13H,3,6-11,17H2. The van der Waals surface area contributed by atoms with E-state index in [2.05, 4.69) is 20.9 Å². The number of ether oxygens (including phenoxy) is 1. The zero-order valence-electron chi connectivity index (χ0n) is 12.2. The highest BCUT2D eigenvalue weighted by molar-refractivity contribution is 5.89. The van der Waals surface area contributed by atoms with Crippen LogP contribution in [0.3, 0.4) is 0 Å².